The van der Waals surface area contributed by atoms with Crippen molar-refractivity contribution in [2.24, 2.45) is 5.92 Å². The van der Waals surface area contributed by atoms with Gasteiger partial charge in [0.25, 0.3) is 0 Å². The van der Waals surface area contributed by atoms with Crippen molar-refractivity contribution in [1.29, 1.82) is 0 Å². The van der Waals surface area contributed by atoms with Crippen molar-refractivity contribution in [1.82, 2.24) is 10.2 Å². The van der Waals surface area contributed by atoms with Gasteiger partial charge in [0.1, 0.15) is 12.4 Å². The maximum Gasteiger partial charge on any atom is 0.238 e. The Morgan fingerprint density at radius 2 is 1.72 bits per heavy atom. The van der Waals surface area contributed by atoms with E-state index < -0.39 is 0 Å². The third kappa shape index (κ3) is 5.15. The SMILES string of the molecule is O=C(CN1CCC(NC(=O)C2COc3ccccc3C2)CC1)Nc1ccccc1. The highest BCUT2D eigenvalue weighted by Gasteiger charge is 2.29. The van der Waals surface area contributed by atoms with E-state index in [1.54, 1.807) is 0 Å². The molecule has 152 valence electrons. The van der Waals surface area contributed by atoms with E-state index in [1.807, 2.05) is 54.6 Å². The van der Waals surface area contributed by atoms with Crippen LogP contribution in [0.15, 0.2) is 54.6 Å². The third-order valence-corrected chi connectivity index (χ3v) is 5.61. The molecule has 1 fully saturated rings. The molecule has 2 aromatic carbocycles. The quantitative estimate of drug-likeness (QED) is 0.819. The number of para-hydroxylation sites is 2. The van der Waals surface area contributed by atoms with E-state index in [0.29, 0.717) is 13.2 Å². The average Bonchev–Trinajstić information content (AvgIpc) is 2.75. The summed E-state index contributed by atoms with van der Waals surface area (Å²) in [6, 6.07) is 17.6. The Balaban J connectivity index is 1.20. The molecule has 2 amide bonds. The molecule has 1 unspecified atom stereocenters. The lowest BCUT2D eigenvalue weighted by Gasteiger charge is -2.33. The van der Waals surface area contributed by atoms with Gasteiger partial charge >= 0.3 is 0 Å². The summed E-state index contributed by atoms with van der Waals surface area (Å²) >= 11 is 0. The first-order valence-electron chi connectivity index (χ1n) is 10.3. The molecule has 0 aromatic heterocycles. The number of benzene rings is 2. The van der Waals surface area contributed by atoms with Crippen LogP contribution >= 0.6 is 0 Å². The van der Waals surface area contributed by atoms with Gasteiger partial charge in [-0.05, 0) is 43.0 Å². The summed E-state index contributed by atoms with van der Waals surface area (Å²) < 4.78 is 5.74. The van der Waals surface area contributed by atoms with E-state index in [9.17, 15) is 9.59 Å². The monoisotopic (exact) mass is 393 g/mol. The van der Waals surface area contributed by atoms with Crippen LogP contribution in [-0.2, 0) is 16.0 Å². The zero-order chi connectivity index (χ0) is 20.1. The summed E-state index contributed by atoms with van der Waals surface area (Å²) in [5.74, 6) is 0.815. The van der Waals surface area contributed by atoms with Crippen molar-refractivity contribution < 1.29 is 14.3 Å². The second kappa shape index (κ2) is 9.09. The second-order valence-electron chi connectivity index (χ2n) is 7.79. The van der Waals surface area contributed by atoms with Gasteiger partial charge < -0.3 is 15.4 Å². The largest absolute Gasteiger partial charge is 0.492 e. The van der Waals surface area contributed by atoms with E-state index in [0.717, 1.165) is 49.4 Å². The number of hydrogen-bond acceptors (Lipinski definition) is 4. The number of piperidine rings is 1. The molecule has 1 saturated heterocycles. The highest BCUT2D eigenvalue weighted by atomic mass is 16.5. The minimum atomic E-state index is -0.139. The van der Waals surface area contributed by atoms with E-state index in [1.165, 1.54) is 0 Å². The molecule has 2 N–H and O–H groups in total. The van der Waals surface area contributed by atoms with Crippen LogP contribution in [0.2, 0.25) is 0 Å². The number of carbonyl (C=O) groups is 2. The molecule has 29 heavy (non-hydrogen) atoms. The van der Waals surface area contributed by atoms with Crippen LogP contribution < -0.4 is 15.4 Å². The number of likely N-dealkylation sites (tertiary alicyclic amines) is 1. The molecule has 0 spiro atoms. The average molecular weight is 393 g/mol. The lowest BCUT2D eigenvalue weighted by molar-refractivity contribution is -0.127. The van der Waals surface area contributed by atoms with Crippen LogP contribution in [0.5, 0.6) is 5.75 Å². The Labute approximate surface area is 171 Å². The number of nitrogens with one attached hydrogen (secondary N) is 2. The molecule has 0 aliphatic carbocycles. The number of ether oxygens (including phenoxy) is 1. The molecule has 0 bridgehead atoms. The fraction of sp³-hybridized carbons (Fsp3) is 0.391. The Morgan fingerprint density at radius 1 is 1.00 bits per heavy atom. The lowest BCUT2D eigenvalue weighted by Crippen LogP contribution is -2.49. The standard InChI is InChI=1S/C23H27N3O3/c27-22(24-19-7-2-1-3-8-19)15-26-12-10-20(11-13-26)25-23(28)18-14-17-6-4-5-9-21(17)29-16-18/h1-9,18,20H,10-16H2,(H,24,27)(H,25,28). The van der Waals surface area contributed by atoms with Crippen molar-refractivity contribution in [3.05, 3.63) is 60.2 Å². The summed E-state index contributed by atoms with van der Waals surface area (Å²) in [7, 11) is 0. The van der Waals surface area contributed by atoms with Gasteiger partial charge in [-0.2, -0.15) is 0 Å². The fourth-order valence-corrected chi connectivity index (χ4v) is 3.98. The molecule has 0 saturated carbocycles. The van der Waals surface area contributed by atoms with Crippen LogP contribution in [0.4, 0.5) is 5.69 Å². The van der Waals surface area contributed by atoms with Crippen molar-refractivity contribution in [3.8, 4) is 5.75 Å². The maximum absolute atomic E-state index is 12.7. The Bertz CT molecular complexity index is 847. The van der Waals surface area contributed by atoms with Crippen LogP contribution in [0.3, 0.4) is 0 Å². The summed E-state index contributed by atoms with van der Waals surface area (Å²) in [6.45, 7) is 2.42. The summed E-state index contributed by atoms with van der Waals surface area (Å²) in [5.41, 5.74) is 1.91. The van der Waals surface area contributed by atoms with Crippen molar-refractivity contribution in [3.63, 3.8) is 0 Å². The normalized spacial score (nSPS) is 19.7. The topological polar surface area (TPSA) is 70.7 Å². The van der Waals surface area contributed by atoms with Crippen molar-refractivity contribution in [2.45, 2.75) is 25.3 Å². The first-order valence-corrected chi connectivity index (χ1v) is 10.3. The number of amides is 2. The predicted octanol–water partition coefficient (Wildman–Crippen LogP) is 2.46. The first-order chi connectivity index (χ1) is 14.2. The van der Waals surface area contributed by atoms with Gasteiger partial charge in [-0.25, -0.2) is 0 Å². The highest BCUT2D eigenvalue weighted by molar-refractivity contribution is 5.92. The van der Waals surface area contributed by atoms with Crippen LogP contribution in [0, 0.1) is 5.92 Å². The van der Waals surface area contributed by atoms with E-state index in [4.69, 9.17) is 4.74 Å². The number of rotatable bonds is 5. The first kappa shape index (κ1) is 19.5. The van der Waals surface area contributed by atoms with Gasteiger partial charge in [0.15, 0.2) is 0 Å². The molecule has 6 heteroatoms. The zero-order valence-electron chi connectivity index (χ0n) is 16.5. The summed E-state index contributed by atoms with van der Waals surface area (Å²) in [5, 5.41) is 6.11. The van der Waals surface area contributed by atoms with Crippen molar-refractivity contribution >= 4 is 17.5 Å². The van der Waals surface area contributed by atoms with Gasteiger partial charge in [0, 0.05) is 24.8 Å². The minimum Gasteiger partial charge on any atom is -0.492 e. The molecule has 2 aromatic rings. The molecule has 0 radical (unpaired) electrons. The van der Waals surface area contributed by atoms with E-state index >= 15 is 0 Å². The molecule has 1 atom stereocenters. The summed E-state index contributed by atoms with van der Waals surface area (Å²) in [6.07, 6.45) is 2.43. The summed E-state index contributed by atoms with van der Waals surface area (Å²) in [4.78, 5) is 27.0. The van der Waals surface area contributed by atoms with Gasteiger partial charge in [-0.3, -0.25) is 14.5 Å². The lowest BCUT2D eigenvalue weighted by atomic mass is 9.95. The maximum atomic E-state index is 12.7. The highest BCUT2D eigenvalue weighted by Crippen LogP contribution is 2.27. The number of fused-ring (bicyclic) bond motifs is 1. The van der Waals surface area contributed by atoms with Crippen LogP contribution in [0.25, 0.3) is 0 Å². The Kier molecular flexibility index (Phi) is 6.10. The number of anilines is 1. The molecular weight excluding hydrogens is 366 g/mol. The Hall–Kier alpha value is -2.86. The van der Waals surface area contributed by atoms with Gasteiger partial charge in [0.05, 0.1) is 12.5 Å². The predicted molar refractivity (Wildman–Crippen MR) is 112 cm³/mol. The van der Waals surface area contributed by atoms with Crippen LogP contribution in [0.1, 0.15) is 18.4 Å². The molecule has 4 rings (SSSR count). The molecular formula is C23H27N3O3. The minimum absolute atomic E-state index is 0.00305. The number of nitrogens with zero attached hydrogens (tertiary/aromatic N) is 1. The van der Waals surface area contributed by atoms with E-state index in [-0.39, 0.29) is 23.8 Å². The van der Waals surface area contributed by atoms with Crippen molar-refractivity contribution in [2.75, 3.05) is 31.6 Å². The third-order valence-electron chi connectivity index (χ3n) is 5.61. The Morgan fingerprint density at radius 3 is 2.52 bits per heavy atom. The van der Waals surface area contributed by atoms with Gasteiger partial charge in [-0.1, -0.05) is 36.4 Å². The van der Waals surface area contributed by atoms with Gasteiger partial charge in [0.2, 0.25) is 11.8 Å². The molecule has 6 nitrogen and oxygen atoms in total. The molecule has 2 aliphatic rings. The molecule has 2 heterocycles. The smallest absolute Gasteiger partial charge is 0.238 e. The number of hydrogen-bond donors (Lipinski definition) is 2. The van der Waals surface area contributed by atoms with Gasteiger partial charge in [-0.15, -0.1) is 0 Å². The number of carbonyl (C=O) groups excluding carboxylic acids is 2. The molecule has 2 aliphatic heterocycles. The second-order valence-corrected chi connectivity index (χ2v) is 7.79. The zero-order valence-corrected chi connectivity index (χ0v) is 16.5. The fourth-order valence-electron chi connectivity index (χ4n) is 3.98. The van der Waals surface area contributed by atoms with E-state index in [2.05, 4.69) is 15.5 Å². The van der Waals surface area contributed by atoms with Crippen LogP contribution in [-0.4, -0.2) is 49.0 Å².